The summed E-state index contributed by atoms with van der Waals surface area (Å²) in [7, 11) is 1.43. The minimum atomic E-state index is -0.200. The highest BCUT2D eigenvalue weighted by Gasteiger charge is 2.60. The van der Waals surface area contributed by atoms with Crippen LogP contribution in [0.2, 0.25) is 0 Å². The van der Waals surface area contributed by atoms with Crippen LogP contribution in [0.25, 0.3) is 0 Å². The lowest BCUT2D eigenvalue weighted by Crippen LogP contribution is -2.54. The van der Waals surface area contributed by atoms with Crippen molar-refractivity contribution >= 4 is 18.0 Å². The maximum atomic E-state index is 12.8. The SMILES string of the molecule is CCCCCCCC/C=C\CCCCCCCCNC(=O)O[C@@H]1CC[C@@]2(C)C(CCC3C2CC[C@@]2(C)C3CC[C@@H]2[C@H](C)CCC(=O)NCCCCCC(=O)OC)C1. The molecular formula is C50H88N2O5. The van der Waals surface area contributed by atoms with Gasteiger partial charge in [0.25, 0.3) is 0 Å². The number of alkyl carbamates (subject to hydrolysis) is 1. The van der Waals surface area contributed by atoms with E-state index < -0.39 is 0 Å². The number of carbonyl (C=O) groups is 3. The van der Waals surface area contributed by atoms with Crippen molar-refractivity contribution in [3.63, 3.8) is 0 Å². The first-order valence-corrected chi connectivity index (χ1v) is 24.5. The molecule has 4 fully saturated rings. The van der Waals surface area contributed by atoms with Crippen molar-refractivity contribution in [1.29, 1.82) is 0 Å². The van der Waals surface area contributed by atoms with Crippen LogP contribution in [-0.2, 0) is 19.1 Å². The van der Waals surface area contributed by atoms with E-state index in [1.54, 1.807) is 0 Å². The average Bonchev–Trinajstić information content (AvgIpc) is 3.56. The van der Waals surface area contributed by atoms with Gasteiger partial charge in [0.1, 0.15) is 6.10 Å². The highest BCUT2D eigenvalue weighted by Crippen LogP contribution is 2.68. The molecule has 0 saturated heterocycles. The van der Waals surface area contributed by atoms with E-state index in [0.29, 0.717) is 48.0 Å². The number of nitrogens with one attached hydrogen (secondary N) is 2. The van der Waals surface area contributed by atoms with Crippen molar-refractivity contribution in [3.05, 3.63) is 12.2 Å². The van der Waals surface area contributed by atoms with E-state index in [-0.39, 0.29) is 24.1 Å². The summed E-state index contributed by atoms with van der Waals surface area (Å²) in [6, 6.07) is 0. The molecule has 4 aliphatic carbocycles. The minimum absolute atomic E-state index is 0.0637. The van der Waals surface area contributed by atoms with Crippen molar-refractivity contribution in [2.75, 3.05) is 20.2 Å². The Morgan fingerprint density at radius 3 is 2.00 bits per heavy atom. The Hall–Kier alpha value is -2.05. The van der Waals surface area contributed by atoms with Crippen LogP contribution in [0.15, 0.2) is 12.2 Å². The summed E-state index contributed by atoms with van der Waals surface area (Å²) in [6.45, 7) is 11.3. The van der Waals surface area contributed by atoms with Gasteiger partial charge >= 0.3 is 12.1 Å². The molecule has 7 heteroatoms. The lowest BCUT2D eigenvalue weighted by molar-refractivity contribution is -0.140. The number of carbonyl (C=O) groups excluding carboxylic acids is 3. The molecule has 0 aromatic carbocycles. The molecule has 2 amide bonds. The van der Waals surface area contributed by atoms with Crippen LogP contribution in [0.1, 0.15) is 214 Å². The molecular weight excluding hydrogens is 709 g/mol. The summed E-state index contributed by atoms with van der Waals surface area (Å²) < 4.78 is 10.8. The van der Waals surface area contributed by atoms with E-state index in [1.165, 1.54) is 136 Å². The largest absolute Gasteiger partial charge is 0.469 e. The molecule has 0 heterocycles. The van der Waals surface area contributed by atoms with Crippen LogP contribution in [0, 0.1) is 46.3 Å². The zero-order valence-corrected chi connectivity index (χ0v) is 37.7. The van der Waals surface area contributed by atoms with Crippen LogP contribution in [0.4, 0.5) is 4.79 Å². The number of amides is 2. The van der Waals surface area contributed by atoms with Crippen molar-refractivity contribution in [3.8, 4) is 0 Å². The molecule has 0 aromatic heterocycles. The van der Waals surface area contributed by atoms with Gasteiger partial charge in [-0.1, -0.05) is 104 Å². The molecule has 328 valence electrons. The first-order valence-electron chi connectivity index (χ1n) is 24.5. The Morgan fingerprint density at radius 1 is 0.684 bits per heavy atom. The molecule has 0 spiro atoms. The molecule has 4 aliphatic rings. The van der Waals surface area contributed by atoms with Crippen LogP contribution in [-0.4, -0.2) is 44.3 Å². The second-order valence-electron chi connectivity index (χ2n) is 19.8. The fourth-order valence-electron chi connectivity index (χ4n) is 12.6. The maximum Gasteiger partial charge on any atom is 0.407 e. The summed E-state index contributed by atoms with van der Waals surface area (Å²) in [5.41, 5.74) is 0.758. The van der Waals surface area contributed by atoms with Gasteiger partial charge in [-0.3, -0.25) is 9.59 Å². The molecule has 4 unspecified atom stereocenters. The molecule has 0 bridgehead atoms. The van der Waals surface area contributed by atoms with Gasteiger partial charge in [-0.05, 0) is 155 Å². The van der Waals surface area contributed by atoms with E-state index in [1.807, 2.05) is 0 Å². The predicted molar refractivity (Wildman–Crippen MR) is 235 cm³/mol. The minimum Gasteiger partial charge on any atom is -0.469 e. The third-order valence-electron chi connectivity index (χ3n) is 16.0. The van der Waals surface area contributed by atoms with Crippen LogP contribution < -0.4 is 10.6 Å². The topological polar surface area (TPSA) is 93.7 Å². The number of esters is 1. The molecule has 0 aliphatic heterocycles. The molecule has 57 heavy (non-hydrogen) atoms. The van der Waals surface area contributed by atoms with Crippen molar-refractivity contribution in [2.45, 2.75) is 220 Å². The van der Waals surface area contributed by atoms with Crippen LogP contribution in [0.5, 0.6) is 0 Å². The van der Waals surface area contributed by atoms with E-state index in [0.717, 1.165) is 69.2 Å². The third-order valence-corrected chi connectivity index (χ3v) is 16.0. The zero-order chi connectivity index (χ0) is 40.9. The second-order valence-corrected chi connectivity index (χ2v) is 19.8. The van der Waals surface area contributed by atoms with Gasteiger partial charge in [0.2, 0.25) is 5.91 Å². The number of hydrogen-bond acceptors (Lipinski definition) is 5. The van der Waals surface area contributed by atoms with E-state index in [2.05, 4.69) is 50.5 Å². The number of allylic oxidation sites excluding steroid dienone is 2. The predicted octanol–water partition coefficient (Wildman–Crippen LogP) is 13.0. The fraction of sp³-hybridized carbons (Fsp3) is 0.900. The van der Waals surface area contributed by atoms with Gasteiger partial charge in [0.05, 0.1) is 7.11 Å². The monoisotopic (exact) mass is 797 g/mol. The molecule has 4 rings (SSSR count). The number of ether oxygens (including phenoxy) is 2. The Balaban J connectivity index is 1.06. The second kappa shape index (κ2) is 25.5. The van der Waals surface area contributed by atoms with Gasteiger partial charge in [-0.25, -0.2) is 4.79 Å². The summed E-state index contributed by atoms with van der Waals surface area (Å²) >= 11 is 0. The summed E-state index contributed by atoms with van der Waals surface area (Å²) in [4.78, 5) is 36.8. The molecule has 7 nitrogen and oxygen atoms in total. The summed E-state index contributed by atoms with van der Waals surface area (Å²) in [5, 5.41) is 6.20. The van der Waals surface area contributed by atoms with E-state index >= 15 is 0 Å². The van der Waals surface area contributed by atoms with Gasteiger partial charge < -0.3 is 20.1 Å². The normalized spacial score (nSPS) is 29.9. The highest BCUT2D eigenvalue weighted by molar-refractivity contribution is 5.75. The molecule has 9 atom stereocenters. The standard InChI is InChI=1S/C50H88N2O5/c1-6-7-8-9-10-11-12-13-14-15-16-17-18-19-20-23-37-52-48(55)57-41-32-34-49(3)40(38-41)27-28-42-44-30-29-43(50(44,4)35-33-45(42)49)39(2)26-31-46(53)51-36-24-21-22-25-47(54)56-5/h13-14,39-45H,6-12,15-38H2,1-5H3,(H,51,53)(H,52,55)/b14-13-/t39-,40?,41-,42?,43-,44?,45?,49+,50-/m1/s1. The first kappa shape index (κ1) is 47.6. The summed E-state index contributed by atoms with van der Waals surface area (Å²) in [5.74, 6) is 4.38. The Labute approximate surface area is 350 Å². The average molecular weight is 797 g/mol. The number of hydrogen-bond donors (Lipinski definition) is 2. The molecule has 4 saturated carbocycles. The Morgan fingerprint density at radius 2 is 1.30 bits per heavy atom. The first-order chi connectivity index (χ1) is 27.6. The van der Waals surface area contributed by atoms with Gasteiger partial charge in [0, 0.05) is 25.9 Å². The lowest BCUT2D eigenvalue weighted by Gasteiger charge is -2.61. The Kier molecular flexibility index (Phi) is 21.3. The smallest absolute Gasteiger partial charge is 0.407 e. The van der Waals surface area contributed by atoms with Crippen molar-refractivity contribution < 1.29 is 23.9 Å². The number of fused-ring (bicyclic) bond motifs is 5. The van der Waals surface area contributed by atoms with Crippen molar-refractivity contribution in [1.82, 2.24) is 10.6 Å². The quantitative estimate of drug-likeness (QED) is 0.0490. The molecule has 2 N–H and O–H groups in total. The van der Waals surface area contributed by atoms with Crippen LogP contribution >= 0.6 is 0 Å². The Bertz CT molecular complexity index is 1210. The van der Waals surface area contributed by atoms with Gasteiger partial charge in [-0.15, -0.1) is 0 Å². The molecule has 0 radical (unpaired) electrons. The van der Waals surface area contributed by atoms with Gasteiger partial charge in [-0.2, -0.15) is 0 Å². The number of rotatable bonds is 27. The van der Waals surface area contributed by atoms with Gasteiger partial charge in [0.15, 0.2) is 0 Å². The molecule has 0 aromatic rings. The number of methoxy groups -OCH3 is 1. The van der Waals surface area contributed by atoms with E-state index in [9.17, 15) is 14.4 Å². The lowest BCUT2D eigenvalue weighted by atomic mass is 9.44. The zero-order valence-electron chi connectivity index (χ0n) is 37.7. The van der Waals surface area contributed by atoms with Crippen LogP contribution in [0.3, 0.4) is 0 Å². The fourth-order valence-corrected chi connectivity index (χ4v) is 12.6. The van der Waals surface area contributed by atoms with E-state index in [4.69, 9.17) is 9.47 Å². The summed E-state index contributed by atoms with van der Waals surface area (Å²) in [6.07, 6.45) is 38.7. The maximum absolute atomic E-state index is 12.8. The van der Waals surface area contributed by atoms with Crippen molar-refractivity contribution in [2.24, 2.45) is 46.3 Å². The third kappa shape index (κ3) is 14.9. The number of unbranched alkanes of at least 4 members (excludes halogenated alkanes) is 14. The highest BCUT2D eigenvalue weighted by atomic mass is 16.6.